The molecule has 0 atom stereocenters. The third kappa shape index (κ3) is 3.77. The number of rotatable bonds is 4. The molecule has 7 nitrogen and oxygen atoms in total. The first-order valence-electron chi connectivity index (χ1n) is 9.94. The molecule has 4 rings (SSSR count). The Morgan fingerprint density at radius 2 is 2.00 bits per heavy atom. The van der Waals surface area contributed by atoms with Crippen LogP contribution in [0.3, 0.4) is 0 Å². The second-order valence-corrected chi connectivity index (χ2v) is 7.66. The molecule has 0 saturated carbocycles. The van der Waals surface area contributed by atoms with Gasteiger partial charge in [0.15, 0.2) is 0 Å². The quantitative estimate of drug-likeness (QED) is 0.719. The van der Waals surface area contributed by atoms with Crippen LogP contribution in [0.4, 0.5) is 5.69 Å². The van der Waals surface area contributed by atoms with Crippen molar-refractivity contribution >= 4 is 22.5 Å². The van der Waals surface area contributed by atoms with Crippen molar-refractivity contribution in [2.75, 3.05) is 18.0 Å². The smallest absolute Gasteiger partial charge is 0.267 e. The molecule has 30 heavy (non-hydrogen) atoms. The molecule has 1 amide bonds. The van der Waals surface area contributed by atoms with Gasteiger partial charge in [0.1, 0.15) is 23.6 Å². The molecule has 2 N–H and O–H groups in total. The summed E-state index contributed by atoms with van der Waals surface area (Å²) in [6, 6.07) is 9.83. The molecule has 7 heteroatoms. The molecule has 0 radical (unpaired) electrons. The SMILES string of the molecule is Cc1cc(C)c2ncc(C#N)c(N3CCC(Oc4ccnc(C(N)=O)c4)CC3)c2c1. The van der Waals surface area contributed by atoms with Crippen molar-refractivity contribution in [3.8, 4) is 11.8 Å². The Morgan fingerprint density at radius 1 is 1.23 bits per heavy atom. The first-order chi connectivity index (χ1) is 14.5. The predicted octanol–water partition coefficient (Wildman–Crippen LogP) is 3.27. The van der Waals surface area contributed by atoms with Crippen LogP contribution in [0.1, 0.15) is 40.0 Å². The number of ether oxygens (including phenoxy) is 1. The maximum Gasteiger partial charge on any atom is 0.267 e. The highest BCUT2D eigenvalue weighted by atomic mass is 16.5. The fourth-order valence-electron chi connectivity index (χ4n) is 4.08. The molecule has 0 spiro atoms. The number of carbonyl (C=O) groups excluding carboxylic acids is 1. The minimum Gasteiger partial charge on any atom is -0.490 e. The molecule has 1 aliphatic rings. The lowest BCUT2D eigenvalue weighted by Crippen LogP contribution is -2.38. The zero-order valence-electron chi connectivity index (χ0n) is 17.1. The van der Waals surface area contributed by atoms with E-state index >= 15 is 0 Å². The number of aromatic nitrogens is 2. The van der Waals surface area contributed by atoms with Gasteiger partial charge in [0.25, 0.3) is 5.91 Å². The first-order valence-corrected chi connectivity index (χ1v) is 9.94. The summed E-state index contributed by atoms with van der Waals surface area (Å²) in [6.45, 7) is 5.64. The largest absolute Gasteiger partial charge is 0.490 e. The minimum absolute atomic E-state index is 0.0199. The normalized spacial score (nSPS) is 14.5. The van der Waals surface area contributed by atoms with Crippen LogP contribution in [0.25, 0.3) is 10.9 Å². The summed E-state index contributed by atoms with van der Waals surface area (Å²) in [5.41, 5.74) is 10.2. The van der Waals surface area contributed by atoms with Crippen LogP contribution in [0.2, 0.25) is 0 Å². The molecule has 1 saturated heterocycles. The molecular weight excluding hydrogens is 378 g/mol. The van der Waals surface area contributed by atoms with Gasteiger partial charge in [-0.2, -0.15) is 5.26 Å². The molecule has 1 aromatic carbocycles. The van der Waals surface area contributed by atoms with Crippen molar-refractivity contribution in [3.63, 3.8) is 0 Å². The van der Waals surface area contributed by atoms with Gasteiger partial charge < -0.3 is 15.4 Å². The van der Waals surface area contributed by atoms with Gasteiger partial charge in [-0.1, -0.05) is 11.6 Å². The highest BCUT2D eigenvalue weighted by molar-refractivity contribution is 5.96. The Labute approximate surface area is 175 Å². The number of nitrogens with two attached hydrogens (primary N) is 1. The zero-order chi connectivity index (χ0) is 21.3. The summed E-state index contributed by atoms with van der Waals surface area (Å²) >= 11 is 0. The zero-order valence-corrected chi connectivity index (χ0v) is 17.1. The van der Waals surface area contributed by atoms with Crippen LogP contribution in [0.15, 0.2) is 36.7 Å². The van der Waals surface area contributed by atoms with Gasteiger partial charge in [0, 0.05) is 49.8 Å². The summed E-state index contributed by atoms with van der Waals surface area (Å²) in [5, 5.41) is 10.7. The lowest BCUT2D eigenvalue weighted by molar-refractivity contribution is 0.0994. The highest BCUT2D eigenvalue weighted by Gasteiger charge is 2.25. The second-order valence-electron chi connectivity index (χ2n) is 7.66. The van der Waals surface area contributed by atoms with Gasteiger partial charge in [-0.25, -0.2) is 0 Å². The summed E-state index contributed by atoms with van der Waals surface area (Å²) in [5.74, 6) is 0.0185. The number of nitriles is 1. The molecule has 0 aliphatic carbocycles. The Hall–Kier alpha value is -3.66. The molecule has 1 fully saturated rings. The van der Waals surface area contributed by atoms with Crippen LogP contribution in [0, 0.1) is 25.2 Å². The number of aryl methyl sites for hydroxylation is 2. The topological polar surface area (TPSA) is 105 Å². The number of carbonyl (C=O) groups is 1. The van der Waals surface area contributed by atoms with Gasteiger partial charge in [0.2, 0.25) is 0 Å². The van der Waals surface area contributed by atoms with E-state index in [4.69, 9.17) is 10.5 Å². The van der Waals surface area contributed by atoms with Crippen LogP contribution in [-0.2, 0) is 0 Å². The number of amides is 1. The number of pyridine rings is 2. The number of benzene rings is 1. The summed E-state index contributed by atoms with van der Waals surface area (Å²) < 4.78 is 6.06. The van der Waals surface area contributed by atoms with Crippen molar-refractivity contribution in [1.82, 2.24) is 9.97 Å². The second kappa shape index (κ2) is 7.99. The Kier molecular flexibility index (Phi) is 5.23. The Bertz CT molecular complexity index is 1160. The van der Waals surface area contributed by atoms with Crippen LogP contribution >= 0.6 is 0 Å². The van der Waals surface area contributed by atoms with Gasteiger partial charge in [-0.3, -0.25) is 14.8 Å². The third-order valence-corrected chi connectivity index (χ3v) is 5.44. The Balaban J connectivity index is 1.56. The van der Waals surface area contributed by atoms with Crippen LogP contribution in [-0.4, -0.2) is 35.1 Å². The maximum atomic E-state index is 11.3. The van der Waals surface area contributed by atoms with Gasteiger partial charge in [-0.15, -0.1) is 0 Å². The first kappa shape index (κ1) is 19.6. The monoisotopic (exact) mass is 401 g/mol. The van der Waals surface area contributed by atoms with E-state index in [0.717, 1.165) is 53.6 Å². The Morgan fingerprint density at radius 3 is 2.70 bits per heavy atom. The van der Waals surface area contributed by atoms with Crippen LogP contribution < -0.4 is 15.4 Å². The molecule has 3 aromatic rings. The van der Waals surface area contributed by atoms with E-state index in [1.54, 1.807) is 18.3 Å². The number of hydrogen-bond donors (Lipinski definition) is 1. The van der Waals surface area contributed by atoms with E-state index in [-0.39, 0.29) is 11.8 Å². The summed E-state index contributed by atoms with van der Waals surface area (Å²) in [4.78, 5) is 22.0. The van der Waals surface area contributed by atoms with Crippen molar-refractivity contribution in [1.29, 1.82) is 5.26 Å². The van der Waals surface area contributed by atoms with E-state index < -0.39 is 5.91 Å². The predicted molar refractivity (Wildman–Crippen MR) is 115 cm³/mol. The maximum absolute atomic E-state index is 11.3. The van der Waals surface area contributed by atoms with E-state index in [1.807, 2.05) is 6.92 Å². The standard InChI is InChI=1S/C23H23N5O2/c1-14-9-15(2)21-19(10-14)22(16(12-24)13-27-21)28-7-4-17(5-8-28)30-18-3-6-26-20(11-18)23(25)29/h3,6,9-11,13,17H,4-5,7-8H2,1-2H3,(H2,25,29). The number of nitrogens with zero attached hydrogens (tertiary/aromatic N) is 4. The molecular formula is C23H23N5O2. The number of fused-ring (bicyclic) bond motifs is 1. The van der Waals surface area contributed by atoms with E-state index in [1.165, 1.54) is 6.20 Å². The van der Waals surface area contributed by atoms with E-state index in [9.17, 15) is 10.1 Å². The molecule has 3 heterocycles. The molecule has 1 aliphatic heterocycles. The third-order valence-electron chi connectivity index (χ3n) is 5.44. The van der Waals surface area contributed by atoms with Gasteiger partial charge >= 0.3 is 0 Å². The van der Waals surface area contributed by atoms with E-state index in [2.05, 4.69) is 40.0 Å². The molecule has 0 bridgehead atoms. The number of hydrogen-bond acceptors (Lipinski definition) is 6. The summed E-state index contributed by atoms with van der Waals surface area (Å²) in [7, 11) is 0. The molecule has 2 aromatic heterocycles. The highest BCUT2D eigenvalue weighted by Crippen LogP contribution is 2.34. The van der Waals surface area contributed by atoms with Crippen molar-refractivity contribution < 1.29 is 9.53 Å². The van der Waals surface area contributed by atoms with E-state index in [0.29, 0.717) is 11.3 Å². The minimum atomic E-state index is -0.575. The summed E-state index contributed by atoms with van der Waals surface area (Å²) in [6.07, 6.45) is 4.82. The average Bonchev–Trinajstić information content (AvgIpc) is 2.73. The fourth-order valence-corrected chi connectivity index (χ4v) is 4.08. The van der Waals surface area contributed by atoms with Crippen molar-refractivity contribution in [2.45, 2.75) is 32.8 Å². The van der Waals surface area contributed by atoms with Crippen LogP contribution in [0.5, 0.6) is 5.75 Å². The number of anilines is 1. The van der Waals surface area contributed by atoms with Crippen molar-refractivity contribution in [2.24, 2.45) is 5.73 Å². The lowest BCUT2D eigenvalue weighted by atomic mass is 10.00. The number of piperidine rings is 1. The van der Waals surface area contributed by atoms with Gasteiger partial charge in [0.05, 0.1) is 16.8 Å². The van der Waals surface area contributed by atoms with Crippen molar-refractivity contribution in [3.05, 3.63) is 59.0 Å². The fraction of sp³-hybridized carbons (Fsp3) is 0.304. The molecule has 152 valence electrons. The number of primary amides is 1. The average molecular weight is 401 g/mol. The lowest BCUT2D eigenvalue weighted by Gasteiger charge is -2.34. The van der Waals surface area contributed by atoms with Gasteiger partial charge in [-0.05, 0) is 31.5 Å². The molecule has 0 unspecified atom stereocenters.